The molecule has 7 nitrogen and oxygen atoms in total. The maximum Gasteiger partial charge on any atom is 0.262 e. The number of rotatable bonds is 9. The molecule has 1 amide bonds. The summed E-state index contributed by atoms with van der Waals surface area (Å²) in [6.07, 6.45) is 0.686. The van der Waals surface area contributed by atoms with Crippen molar-refractivity contribution in [2.24, 2.45) is 0 Å². The summed E-state index contributed by atoms with van der Waals surface area (Å²) in [6.45, 7) is 3.82. The summed E-state index contributed by atoms with van der Waals surface area (Å²) < 4.78 is 12.7. The highest BCUT2D eigenvalue weighted by molar-refractivity contribution is 7.71. The van der Waals surface area contributed by atoms with Crippen LogP contribution in [0.1, 0.15) is 22.3 Å². The number of aromatic nitrogens is 2. The van der Waals surface area contributed by atoms with Crippen molar-refractivity contribution >= 4 is 29.0 Å². The predicted molar refractivity (Wildman–Crippen MR) is 124 cm³/mol. The molecule has 1 heterocycles. The van der Waals surface area contributed by atoms with Gasteiger partial charge in [-0.15, -0.1) is 0 Å². The minimum Gasteiger partial charge on any atom is -0.491 e. The number of benzene rings is 2. The van der Waals surface area contributed by atoms with E-state index in [-0.39, 0.29) is 11.5 Å². The normalized spacial score (nSPS) is 10.9. The number of hydrogen-bond acceptors (Lipinski definition) is 5. The first-order valence-electron chi connectivity index (χ1n) is 10.1. The summed E-state index contributed by atoms with van der Waals surface area (Å²) in [4.78, 5) is 30.3. The van der Waals surface area contributed by atoms with Gasteiger partial charge in [-0.05, 0) is 55.4 Å². The van der Waals surface area contributed by atoms with Crippen molar-refractivity contribution in [1.29, 1.82) is 0 Å². The summed E-state index contributed by atoms with van der Waals surface area (Å²) in [7, 11) is 3.35. The highest BCUT2D eigenvalue weighted by Gasteiger charge is 2.14. The number of nitrogens with zero attached hydrogens (tertiary/aromatic N) is 2. The lowest BCUT2D eigenvalue weighted by Crippen LogP contribution is -2.31. The quantitative estimate of drug-likeness (QED) is 0.406. The summed E-state index contributed by atoms with van der Waals surface area (Å²) >= 11 is 5.35. The SMILES string of the molecule is COCCCn1c(=S)[nH]c2cc(C(=O)N(C)CCOc3ccccc3C)ccc2c1=O. The lowest BCUT2D eigenvalue weighted by atomic mass is 10.1. The molecular formula is C23H27N3O4S. The van der Waals surface area contributed by atoms with Gasteiger partial charge in [0.05, 0.1) is 17.4 Å². The molecule has 0 aliphatic rings. The second-order valence-electron chi connectivity index (χ2n) is 7.33. The number of ether oxygens (including phenoxy) is 2. The minimum absolute atomic E-state index is 0.154. The third kappa shape index (κ3) is 5.39. The molecule has 0 aliphatic carbocycles. The molecule has 0 bridgehead atoms. The van der Waals surface area contributed by atoms with E-state index in [1.54, 1.807) is 37.3 Å². The van der Waals surface area contributed by atoms with Crippen LogP contribution in [0.4, 0.5) is 0 Å². The van der Waals surface area contributed by atoms with Crippen molar-refractivity contribution < 1.29 is 14.3 Å². The van der Waals surface area contributed by atoms with Gasteiger partial charge in [-0.25, -0.2) is 0 Å². The number of nitrogens with one attached hydrogen (secondary N) is 1. The van der Waals surface area contributed by atoms with Crippen LogP contribution in [0.15, 0.2) is 47.3 Å². The molecule has 3 rings (SSSR count). The number of hydrogen-bond donors (Lipinski definition) is 1. The molecule has 0 aliphatic heterocycles. The standard InChI is InChI=1S/C23H27N3O4S/c1-16-7-4-5-8-20(16)30-14-12-25(2)21(27)17-9-10-18-19(15-17)24-23(31)26(22(18)28)11-6-13-29-3/h4-5,7-10,15H,6,11-14H2,1-3H3,(H,24,31). The van der Waals surface area contributed by atoms with Crippen LogP contribution >= 0.6 is 12.2 Å². The first kappa shape index (κ1) is 22.7. The number of methoxy groups -OCH3 is 1. The smallest absolute Gasteiger partial charge is 0.262 e. The molecule has 1 aromatic heterocycles. The number of aromatic amines is 1. The lowest BCUT2D eigenvalue weighted by molar-refractivity contribution is 0.0774. The van der Waals surface area contributed by atoms with Crippen molar-refractivity contribution in [3.05, 3.63) is 68.7 Å². The van der Waals surface area contributed by atoms with E-state index in [1.165, 1.54) is 4.57 Å². The Kier molecular flexibility index (Phi) is 7.59. The topological polar surface area (TPSA) is 76.6 Å². The fourth-order valence-corrected chi connectivity index (χ4v) is 3.57. The fourth-order valence-electron chi connectivity index (χ4n) is 3.29. The van der Waals surface area contributed by atoms with E-state index in [2.05, 4.69) is 4.98 Å². The van der Waals surface area contributed by atoms with Gasteiger partial charge >= 0.3 is 0 Å². The van der Waals surface area contributed by atoms with Crippen LogP contribution in [0.2, 0.25) is 0 Å². The Hall–Kier alpha value is -2.97. The highest BCUT2D eigenvalue weighted by Crippen LogP contribution is 2.16. The molecule has 164 valence electrons. The predicted octanol–water partition coefficient (Wildman–Crippen LogP) is 3.56. The van der Waals surface area contributed by atoms with Crippen molar-refractivity contribution in [3.8, 4) is 5.75 Å². The summed E-state index contributed by atoms with van der Waals surface area (Å²) in [5.41, 5.74) is 1.91. The Balaban J connectivity index is 1.72. The molecule has 8 heteroatoms. The van der Waals surface area contributed by atoms with Gasteiger partial charge in [-0.1, -0.05) is 18.2 Å². The van der Waals surface area contributed by atoms with Gasteiger partial charge in [0.15, 0.2) is 4.77 Å². The van der Waals surface area contributed by atoms with E-state index in [0.29, 0.717) is 54.0 Å². The maximum atomic E-state index is 12.8. The van der Waals surface area contributed by atoms with E-state index in [4.69, 9.17) is 21.7 Å². The summed E-state index contributed by atoms with van der Waals surface area (Å²) in [6, 6.07) is 12.8. The number of amides is 1. The third-order valence-corrected chi connectivity index (χ3v) is 5.41. The Labute approximate surface area is 186 Å². The Morgan fingerprint density at radius 3 is 2.71 bits per heavy atom. The minimum atomic E-state index is -0.172. The van der Waals surface area contributed by atoms with Crippen LogP contribution in [0.25, 0.3) is 10.9 Å². The zero-order valence-corrected chi connectivity index (χ0v) is 18.8. The maximum absolute atomic E-state index is 12.8. The fraction of sp³-hybridized carbons (Fsp3) is 0.348. The number of carbonyl (C=O) groups is 1. The molecular weight excluding hydrogens is 414 g/mol. The monoisotopic (exact) mass is 441 g/mol. The van der Waals surface area contributed by atoms with E-state index in [1.807, 2.05) is 31.2 Å². The van der Waals surface area contributed by atoms with Gasteiger partial charge in [0.1, 0.15) is 12.4 Å². The first-order valence-corrected chi connectivity index (χ1v) is 10.5. The zero-order valence-electron chi connectivity index (χ0n) is 18.0. The van der Waals surface area contributed by atoms with Crippen LogP contribution in [0.5, 0.6) is 5.75 Å². The van der Waals surface area contributed by atoms with Crippen LogP contribution in [-0.2, 0) is 11.3 Å². The number of H-pyrrole nitrogens is 1. The second kappa shape index (κ2) is 10.4. The van der Waals surface area contributed by atoms with Crippen molar-refractivity contribution in [2.75, 3.05) is 33.9 Å². The molecule has 0 atom stereocenters. The van der Waals surface area contributed by atoms with Gasteiger partial charge < -0.3 is 19.4 Å². The third-order valence-electron chi connectivity index (χ3n) is 5.08. The number of likely N-dealkylation sites (N-methyl/N-ethyl adjacent to an activating group) is 1. The molecule has 0 spiro atoms. The van der Waals surface area contributed by atoms with Gasteiger partial charge in [0.25, 0.3) is 11.5 Å². The zero-order chi connectivity index (χ0) is 22.4. The Bertz CT molecular complexity index is 1190. The van der Waals surface area contributed by atoms with E-state index in [0.717, 1.165) is 11.3 Å². The Morgan fingerprint density at radius 2 is 1.97 bits per heavy atom. The molecule has 0 saturated carbocycles. The van der Waals surface area contributed by atoms with Gasteiger partial charge in [0, 0.05) is 32.9 Å². The summed E-state index contributed by atoms with van der Waals surface area (Å²) in [5.74, 6) is 0.655. The van der Waals surface area contributed by atoms with Crippen LogP contribution in [-0.4, -0.2) is 54.3 Å². The average Bonchev–Trinajstić information content (AvgIpc) is 2.76. The van der Waals surface area contributed by atoms with Crippen molar-refractivity contribution in [2.45, 2.75) is 19.9 Å². The molecule has 0 unspecified atom stereocenters. The van der Waals surface area contributed by atoms with E-state index < -0.39 is 0 Å². The van der Waals surface area contributed by atoms with Crippen LogP contribution < -0.4 is 10.3 Å². The lowest BCUT2D eigenvalue weighted by Gasteiger charge is -2.18. The van der Waals surface area contributed by atoms with E-state index >= 15 is 0 Å². The molecule has 31 heavy (non-hydrogen) atoms. The first-order chi connectivity index (χ1) is 14.9. The number of para-hydroxylation sites is 1. The highest BCUT2D eigenvalue weighted by atomic mass is 32.1. The molecule has 1 N–H and O–H groups in total. The van der Waals surface area contributed by atoms with E-state index in [9.17, 15) is 9.59 Å². The molecule has 0 fully saturated rings. The van der Waals surface area contributed by atoms with Gasteiger partial charge in [-0.2, -0.15) is 0 Å². The number of carbonyl (C=O) groups excluding carboxylic acids is 1. The Morgan fingerprint density at radius 1 is 1.19 bits per heavy atom. The number of aryl methyl sites for hydroxylation is 1. The molecule has 0 saturated heterocycles. The molecule has 3 aromatic rings. The largest absolute Gasteiger partial charge is 0.491 e. The molecule has 0 radical (unpaired) electrons. The van der Waals surface area contributed by atoms with Gasteiger partial charge in [-0.3, -0.25) is 14.2 Å². The number of fused-ring (bicyclic) bond motifs is 1. The van der Waals surface area contributed by atoms with Crippen molar-refractivity contribution in [3.63, 3.8) is 0 Å². The second-order valence-corrected chi connectivity index (χ2v) is 7.72. The van der Waals surface area contributed by atoms with Crippen LogP contribution in [0.3, 0.4) is 0 Å². The molecule has 2 aromatic carbocycles. The average molecular weight is 442 g/mol. The van der Waals surface area contributed by atoms with Crippen molar-refractivity contribution in [1.82, 2.24) is 14.5 Å². The summed E-state index contributed by atoms with van der Waals surface area (Å²) in [5, 5.41) is 0.494. The van der Waals surface area contributed by atoms with Crippen LogP contribution in [0, 0.1) is 11.7 Å². The van der Waals surface area contributed by atoms with Gasteiger partial charge in [0.2, 0.25) is 0 Å².